The average molecular weight is 566 g/mol. The van der Waals surface area contributed by atoms with E-state index < -0.39 is 66.7 Å². The van der Waals surface area contributed by atoms with Crippen molar-refractivity contribution in [1.29, 1.82) is 0 Å². The number of amides is 5. The number of alkyl halides is 2. The van der Waals surface area contributed by atoms with Crippen LogP contribution in [0.5, 0.6) is 0 Å². The van der Waals surface area contributed by atoms with Gasteiger partial charge in [-0.1, -0.05) is 39.0 Å². The van der Waals surface area contributed by atoms with E-state index in [1.807, 2.05) is 39.0 Å². The van der Waals surface area contributed by atoms with Crippen molar-refractivity contribution >= 4 is 29.7 Å². The molecule has 11 nitrogen and oxygen atoms in total. The Bertz CT molecular complexity index is 1120. The van der Waals surface area contributed by atoms with Gasteiger partial charge < -0.3 is 30.9 Å². The second-order valence-electron chi connectivity index (χ2n) is 11.2. The van der Waals surface area contributed by atoms with Crippen molar-refractivity contribution in [3.63, 3.8) is 0 Å². The van der Waals surface area contributed by atoms with Gasteiger partial charge in [0.1, 0.15) is 12.1 Å². The predicted molar refractivity (Wildman–Crippen MR) is 141 cm³/mol. The van der Waals surface area contributed by atoms with Crippen LogP contribution in [0.25, 0.3) is 0 Å². The zero-order chi connectivity index (χ0) is 29.6. The summed E-state index contributed by atoms with van der Waals surface area (Å²) in [5.41, 5.74) is 1.21. The molecule has 0 bridgehead atoms. The molecule has 5 amide bonds. The van der Waals surface area contributed by atoms with Crippen LogP contribution in [-0.4, -0.2) is 95.4 Å². The Morgan fingerprint density at radius 3 is 2.45 bits per heavy atom. The Labute approximate surface area is 231 Å². The number of benzene rings is 1. The molecule has 0 radical (unpaired) electrons. The minimum absolute atomic E-state index is 0.106. The first-order valence-corrected chi connectivity index (χ1v) is 13.3. The fourth-order valence-corrected chi connectivity index (χ4v) is 4.88. The van der Waals surface area contributed by atoms with E-state index in [-0.39, 0.29) is 25.4 Å². The maximum absolute atomic E-state index is 13.0. The monoisotopic (exact) mass is 565 g/mol. The van der Waals surface area contributed by atoms with E-state index in [1.165, 1.54) is 4.90 Å². The highest BCUT2D eigenvalue weighted by molar-refractivity contribution is 5.97. The molecule has 0 aromatic heterocycles. The van der Waals surface area contributed by atoms with E-state index in [1.54, 1.807) is 11.0 Å². The molecule has 0 saturated carbocycles. The zero-order valence-electron chi connectivity index (χ0n) is 22.9. The number of carboxylic acid groups (broad SMARTS) is 1. The minimum atomic E-state index is -2.92. The molecule has 0 aliphatic carbocycles. The molecule has 3 atom stereocenters. The van der Waals surface area contributed by atoms with E-state index in [4.69, 9.17) is 5.11 Å². The summed E-state index contributed by atoms with van der Waals surface area (Å²) in [5, 5.41) is 16.6. The highest BCUT2D eigenvalue weighted by Crippen LogP contribution is 2.24. The number of hydrogen-bond donors (Lipinski definition) is 4. The van der Waals surface area contributed by atoms with Gasteiger partial charge in [-0.2, -0.15) is 0 Å². The van der Waals surface area contributed by atoms with Crippen molar-refractivity contribution < 1.29 is 37.9 Å². The molecule has 4 N–H and O–H groups in total. The lowest BCUT2D eigenvalue weighted by atomic mass is 9.85. The van der Waals surface area contributed by atoms with Crippen molar-refractivity contribution in [2.24, 2.45) is 5.41 Å². The van der Waals surface area contributed by atoms with E-state index >= 15 is 0 Å². The van der Waals surface area contributed by atoms with Crippen LogP contribution < -0.4 is 16.0 Å². The van der Waals surface area contributed by atoms with Gasteiger partial charge in [-0.3, -0.25) is 14.4 Å². The van der Waals surface area contributed by atoms with Gasteiger partial charge in [0.2, 0.25) is 18.2 Å². The van der Waals surface area contributed by atoms with Crippen LogP contribution in [0.4, 0.5) is 13.6 Å². The standard InChI is InChI=1S/C27H37F2N5O6/c1-27(2,3)20(15-33-12-10-16-7-4-5-8-17(16)24(33)37)32-26(40)30-14-22(35)34-11-6-9-19(34)23(36)31-18(25(38)39)13-21(28)29/h4-5,7-8,18-21H,6,9-15H2,1-3H3,(H,31,36)(H,38,39)(H2,30,32,40)/t18-,19-,20+/m0/s1. The first kappa shape index (κ1) is 30.8. The summed E-state index contributed by atoms with van der Waals surface area (Å²) in [6.45, 7) is 6.35. The zero-order valence-corrected chi connectivity index (χ0v) is 22.9. The molecule has 2 aliphatic rings. The molecule has 0 unspecified atom stereocenters. The van der Waals surface area contributed by atoms with Crippen LogP contribution in [0.2, 0.25) is 0 Å². The van der Waals surface area contributed by atoms with Gasteiger partial charge in [-0.05, 0) is 36.3 Å². The first-order chi connectivity index (χ1) is 18.8. The molecule has 2 aliphatic heterocycles. The maximum atomic E-state index is 13.0. The smallest absolute Gasteiger partial charge is 0.326 e. The van der Waals surface area contributed by atoms with Gasteiger partial charge in [0.25, 0.3) is 5.91 Å². The number of carboxylic acids is 1. The summed E-state index contributed by atoms with van der Waals surface area (Å²) in [4.78, 5) is 65.4. The molecule has 1 saturated heterocycles. The average Bonchev–Trinajstić information content (AvgIpc) is 3.37. The number of likely N-dealkylation sites (tertiary alicyclic amines) is 1. The molecule has 220 valence electrons. The lowest BCUT2D eigenvalue weighted by molar-refractivity contribution is -0.144. The molecule has 1 fully saturated rings. The Morgan fingerprint density at radius 1 is 1.10 bits per heavy atom. The number of halogens is 2. The highest BCUT2D eigenvalue weighted by Gasteiger charge is 2.37. The molecule has 2 heterocycles. The van der Waals surface area contributed by atoms with Gasteiger partial charge >= 0.3 is 12.0 Å². The number of carbonyl (C=O) groups is 5. The lowest BCUT2D eigenvalue weighted by Gasteiger charge is -2.37. The predicted octanol–water partition coefficient (Wildman–Crippen LogP) is 1.61. The van der Waals surface area contributed by atoms with Crippen molar-refractivity contribution in [2.45, 2.75) is 71.0 Å². The molecule has 1 aromatic rings. The highest BCUT2D eigenvalue weighted by atomic mass is 19.3. The fraction of sp³-hybridized carbons (Fsp3) is 0.593. The van der Waals surface area contributed by atoms with E-state index in [0.717, 1.165) is 5.56 Å². The van der Waals surface area contributed by atoms with Crippen molar-refractivity contribution in [3.05, 3.63) is 35.4 Å². The third-order valence-electron chi connectivity index (χ3n) is 7.24. The third kappa shape index (κ3) is 7.89. The fourth-order valence-electron chi connectivity index (χ4n) is 4.88. The second kappa shape index (κ2) is 13.1. The Balaban J connectivity index is 1.56. The van der Waals surface area contributed by atoms with Crippen molar-refractivity contribution in [3.8, 4) is 0 Å². The van der Waals surface area contributed by atoms with Crippen LogP contribution in [0, 0.1) is 5.41 Å². The molecule has 40 heavy (non-hydrogen) atoms. The van der Waals surface area contributed by atoms with Crippen LogP contribution in [0.15, 0.2) is 24.3 Å². The SMILES string of the molecule is CC(C)(C)[C@@H](CN1CCc2ccccc2C1=O)NC(=O)NCC(=O)N1CCC[C@H]1C(=O)N[C@@H](CC(F)F)C(=O)O. The van der Waals surface area contributed by atoms with E-state index in [2.05, 4.69) is 16.0 Å². The molecule has 0 spiro atoms. The summed E-state index contributed by atoms with van der Waals surface area (Å²) in [6.07, 6.45) is -2.56. The van der Waals surface area contributed by atoms with Gasteiger partial charge in [0.05, 0.1) is 12.6 Å². The van der Waals surface area contributed by atoms with Crippen molar-refractivity contribution in [1.82, 2.24) is 25.8 Å². The van der Waals surface area contributed by atoms with Gasteiger partial charge in [0.15, 0.2) is 0 Å². The second-order valence-corrected chi connectivity index (χ2v) is 11.2. The summed E-state index contributed by atoms with van der Waals surface area (Å²) in [5.74, 6) is -3.09. The number of aliphatic carboxylic acids is 1. The number of rotatable bonds is 10. The maximum Gasteiger partial charge on any atom is 0.326 e. The van der Waals surface area contributed by atoms with Crippen LogP contribution in [0.1, 0.15) is 56.0 Å². The van der Waals surface area contributed by atoms with Crippen LogP contribution >= 0.6 is 0 Å². The molecule has 13 heteroatoms. The largest absolute Gasteiger partial charge is 0.480 e. The van der Waals surface area contributed by atoms with Crippen LogP contribution in [0.3, 0.4) is 0 Å². The Hall–Kier alpha value is -3.77. The summed E-state index contributed by atoms with van der Waals surface area (Å²) in [7, 11) is 0. The number of carbonyl (C=O) groups excluding carboxylic acids is 4. The van der Waals surface area contributed by atoms with Crippen molar-refractivity contribution in [2.75, 3.05) is 26.2 Å². The normalized spacial score (nSPS) is 18.6. The molecule has 3 rings (SSSR count). The Morgan fingerprint density at radius 2 is 1.80 bits per heavy atom. The van der Waals surface area contributed by atoms with Gasteiger partial charge in [-0.25, -0.2) is 18.4 Å². The summed E-state index contributed by atoms with van der Waals surface area (Å²) < 4.78 is 25.4. The Kier molecular flexibility index (Phi) is 10.0. The molecular formula is C27H37F2N5O6. The van der Waals surface area contributed by atoms with Gasteiger partial charge in [-0.15, -0.1) is 0 Å². The number of nitrogens with zero attached hydrogens (tertiary/aromatic N) is 2. The number of fused-ring (bicyclic) bond motifs is 1. The van der Waals surface area contributed by atoms with Crippen LogP contribution in [-0.2, 0) is 20.8 Å². The molecule has 1 aromatic carbocycles. The van der Waals surface area contributed by atoms with Gasteiger partial charge in [0, 0.05) is 31.6 Å². The summed E-state index contributed by atoms with van der Waals surface area (Å²) in [6, 6.07) is 3.56. The minimum Gasteiger partial charge on any atom is -0.480 e. The topological polar surface area (TPSA) is 148 Å². The number of urea groups is 1. The number of nitrogens with one attached hydrogen (secondary N) is 3. The quantitative estimate of drug-likeness (QED) is 0.339. The number of hydrogen-bond acceptors (Lipinski definition) is 5. The van der Waals surface area contributed by atoms with E-state index in [9.17, 15) is 32.8 Å². The molecular weight excluding hydrogens is 528 g/mol. The summed E-state index contributed by atoms with van der Waals surface area (Å²) >= 11 is 0. The third-order valence-corrected chi connectivity index (χ3v) is 7.24. The van der Waals surface area contributed by atoms with E-state index in [0.29, 0.717) is 24.9 Å². The lowest BCUT2D eigenvalue weighted by Crippen LogP contribution is -2.56. The first-order valence-electron chi connectivity index (χ1n) is 13.3.